The first kappa shape index (κ1) is 13.6. The lowest BCUT2D eigenvalue weighted by Crippen LogP contribution is -2.40. The highest BCUT2D eigenvalue weighted by molar-refractivity contribution is 5.59. The van der Waals surface area contributed by atoms with E-state index in [-0.39, 0.29) is 6.10 Å². The van der Waals surface area contributed by atoms with Crippen molar-refractivity contribution in [2.24, 2.45) is 0 Å². The van der Waals surface area contributed by atoms with Crippen LogP contribution < -0.4 is 19.7 Å². The van der Waals surface area contributed by atoms with E-state index in [9.17, 15) is 0 Å². The van der Waals surface area contributed by atoms with Gasteiger partial charge in [-0.1, -0.05) is 24.3 Å². The first-order chi connectivity index (χ1) is 10.3. The van der Waals surface area contributed by atoms with Gasteiger partial charge in [0.15, 0.2) is 0 Å². The van der Waals surface area contributed by atoms with Crippen molar-refractivity contribution >= 4 is 11.4 Å². The summed E-state index contributed by atoms with van der Waals surface area (Å²) in [5, 5.41) is 3.42. The van der Waals surface area contributed by atoms with Gasteiger partial charge >= 0.3 is 0 Å². The average Bonchev–Trinajstić information content (AvgIpc) is 2.54. The lowest BCUT2D eigenvalue weighted by molar-refractivity contribution is 0.212. The summed E-state index contributed by atoms with van der Waals surface area (Å²) in [4.78, 5) is 2.17. The summed E-state index contributed by atoms with van der Waals surface area (Å²) in [6.07, 6.45) is 0.106. The minimum Gasteiger partial charge on any atom is -0.495 e. The highest BCUT2D eigenvalue weighted by Crippen LogP contribution is 2.30. The Morgan fingerprint density at radius 1 is 1.19 bits per heavy atom. The third kappa shape index (κ3) is 2.89. The number of nitrogens with zero attached hydrogens (tertiary/aromatic N) is 1. The van der Waals surface area contributed by atoms with Crippen LogP contribution in [0.5, 0.6) is 11.5 Å². The summed E-state index contributed by atoms with van der Waals surface area (Å²) in [5.41, 5.74) is 2.14. The van der Waals surface area contributed by atoms with Crippen LogP contribution in [0.3, 0.4) is 0 Å². The molecule has 21 heavy (non-hydrogen) atoms. The number of fused-ring (bicyclic) bond motifs is 1. The van der Waals surface area contributed by atoms with Crippen LogP contribution in [-0.4, -0.2) is 33.4 Å². The molecule has 110 valence electrons. The third-order valence-electron chi connectivity index (χ3n) is 3.67. The van der Waals surface area contributed by atoms with E-state index in [0.29, 0.717) is 0 Å². The molecule has 2 aromatic carbocycles. The molecule has 1 aliphatic rings. The summed E-state index contributed by atoms with van der Waals surface area (Å²) in [7, 11) is 3.75. The largest absolute Gasteiger partial charge is 0.495 e. The lowest BCUT2D eigenvalue weighted by Gasteiger charge is -2.31. The maximum atomic E-state index is 6.05. The van der Waals surface area contributed by atoms with Gasteiger partial charge in [-0.2, -0.15) is 0 Å². The molecule has 0 saturated heterocycles. The average molecular weight is 284 g/mol. The van der Waals surface area contributed by atoms with Gasteiger partial charge in [0.2, 0.25) is 0 Å². The molecule has 1 aliphatic heterocycles. The molecule has 2 aromatic rings. The molecule has 0 aliphatic carbocycles. The summed E-state index contributed by atoms with van der Waals surface area (Å²) in [5.74, 6) is 1.80. The second-order valence-corrected chi connectivity index (χ2v) is 5.17. The maximum Gasteiger partial charge on any atom is 0.143 e. The Morgan fingerprint density at radius 3 is 2.81 bits per heavy atom. The zero-order chi connectivity index (χ0) is 14.7. The number of rotatable bonds is 4. The normalized spacial score (nSPS) is 16.4. The van der Waals surface area contributed by atoms with Crippen molar-refractivity contribution in [3.63, 3.8) is 0 Å². The maximum absolute atomic E-state index is 6.05. The van der Waals surface area contributed by atoms with Gasteiger partial charge in [-0.05, 0) is 24.3 Å². The van der Waals surface area contributed by atoms with Gasteiger partial charge in [0, 0.05) is 7.05 Å². The fourth-order valence-electron chi connectivity index (χ4n) is 2.61. The van der Waals surface area contributed by atoms with E-state index in [0.717, 1.165) is 36.0 Å². The summed E-state index contributed by atoms with van der Waals surface area (Å²) in [6.45, 7) is 1.60. The molecule has 0 fully saturated rings. The van der Waals surface area contributed by atoms with E-state index in [2.05, 4.69) is 23.3 Å². The lowest BCUT2D eigenvalue weighted by atomic mass is 10.2. The number of nitrogens with one attached hydrogen (secondary N) is 1. The van der Waals surface area contributed by atoms with Crippen molar-refractivity contribution in [2.75, 3.05) is 37.5 Å². The van der Waals surface area contributed by atoms with Crippen molar-refractivity contribution in [2.45, 2.75) is 6.10 Å². The number of hydrogen-bond donors (Lipinski definition) is 1. The van der Waals surface area contributed by atoms with E-state index >= 15 is 0 Å². The van der Waals surface area contributed by atoms with Crippen molar-refractivity contribution in [1.29, 1.82) is 0 Å². The predicted octanol–water partition coefficient (Wildman–Crippen LogP) is 3.00. The molecule has 4 heteroatoms. The van der Waals surface area contributed by atoms with Gasteiger partial charge in [0.05, 0.1) is 31.6 Å². The highest BCUT2D eigenvalue weighted by atomic mass is 16.5. The minimum absolute atomic E-state index is 0.106. The molecular weight excluding hydrogens is 264 g/mol. The molecule has 4 nitrogen and oxygen atoms in total. The van der Waals surface area contributed by atoms with E-state index in [4.69, 9.17) is 9.47 Å². The Labute approximate surface area is 125 Å². The molecule has 1 atom stereocenters. The molecule has 0 saturated carbocycles. The Kier molecular flexibility index (Phi) is 3.86. The van der Waals surface area contributed by atoms with Crippen LogP contribution in [0.25, 0.3) is 0 Å². The number of methoxy groups -OCH3 is 1. The van der Waals surface area contributed by atoms with Crippen LogP contribution in [0.2, 0.25) is 0 Å². The number of likely N-dealkylation sites (N-methyl/N-ethyl adjacent to an activating group) is 1. The van der Waals surface area contributed by atoms with Crippen molar-refractivity contribution in [3.05, 3.63) is 48.5 Å². The van der Waals surface area contributed by atoms with Crippen molar-refractivity contribution in [3.8, 4) is 11.5 Å². The van der Waals surface area contributed by atoms with E-state index in [1.54, 1.807) is 7.11 Å². The molecule has 0 radical (unpaired) electrons. The van der Waals surface area contributed by atoms with Crippen molar-refractivity contribution in [1.82, 2.24) is 0 Å². The van der Waals surface area contributed by atoms with Gasteiger partial charge in [0.25, 0.3) is 0 Å². The summed E-state index contributed by atoms with van der Waals surface area (Å²) < 4.78 is 11.5. The number of hydrogen-bond acceptors (Lipinski definition) is 4. The second kappa shape index (κ2) is 5.95. The van der Waals surface area contributed by atoms with Crippen LogP contribution in [0.1, 0.15) is 0 Å². The molecule has 0 amide bonds. The minimum atomic E-state index is 0.106. The molecule has 3 rings (SSSR count). The zero-order valence-corrected chi connectivity index (χ0v) is 12.4. The van der Waals surface area contributed by atoms with Crippen LogP contribution in [0.4, 0.5) is 11.4 Å². The number of benzene rings is 2. The van der Waals surface area contributed by atoms with Crippen LogP contribution in [0.15, 0.2) is 48.5 Å². The Balaban J connectivity index is 1.70. The standard InChI is InChI=1S/C17H20N2O2/c1-19(15-8-4-6-10-17(15)20-2)12-13-11-18-14-7-3-5-9-16(14)21-13/h3-10,13,18H,11-12H2,1-2H3. The highest BCUT2D eigenvalue weighted by Gasteiger charge is 2.21. The molecule has 0 spiro atoms. The first-order valence-corrected chi connectivity index (χ1v) is 7.11. The Morgan fingerprint density at radius 2 is 1.95 bits per heavy atom. The molecule has 0 bridgehead atoms. The smallest absolute Gasteiger partial charge is 0.143 e. The van der Waals surface area contributed by atoms with Crippen LogP contribution >= 0.6 is 0 Å². The third-order valence-corrected chi connectivity index (χ3v) is 3.67. The zero-order valence-electron chi connectivity index (χ0n) is 12.4. The van der Waals surface area contributed by atoms with E-state index in [1.807, 2.05) is 42.5 Å². The van der Waals surface area contributed by atoms with E-state index < -0.39 is 0 Å². The SMILES string of the molecule is COc1ccccc1N(C)CC1CNc2ccccc2O1. The molecule has 1 N–H and O–H groups in total. The van der Waals surface area contributed by atoms with Gasteiger partial charge in [-0.25, -0.2) is 0 Å². The van der Waals surface area contributed by atoms with Gasteiger partial charge in [0.1, 0.15) is 17.6 Å². The number of anilines is 2. The molecule has 1 heterocycles. The summed E-state index contributed by atoms with van der Waals surface area (Å²) in [6, 6.07) is 16.1. The fraction of sp³-hybridized carbons (Fsp3) is 0.294. The topological polar surface area (TPSA) is 33.7 Å². The number of ether oxygens (including phenoxy) is 2. The summed E-state index contributed by atoms with van der Waals surface area (Å²) >= 11 is 0. The Bertz CT molecular complexity index is 615. The van der Waals surface area contributed by atoms with Gasteiger partial charge in [-0.15, -0.1) is 0 Å². The van der Waals surface area contributed by atoms with Crippen LogP contribution in [-0.2, 0) is 0 Å². The van der Waals surface area contributed by atoms with Crippen molar-refractivity contribution < 1.29 is 9.47 Å². The molecule has 1 unspecified atom stereocenters. The fourth-order valence-corrected chi connectivity index (χ4v) is 2.61. The Hall–Kier alpha value is -2.36. The number of para-hydroxylation sites is 4. The monoisotopic (exact) mass is 284 g/mol. The quantitative estimate of drug-likeness (QED) is 0.936. The van der Waals surface area contributed by atoms with Gasteiger partial charge < -0.3 is 19.7 Å². The van der Waals surface area contributed by atoms with Crippen LogP contribution in [0, 0.1) is 0 Å². The molecular formula is C17H20N2O2. The first-order valence-electron chi connectivity index (χ1n) is 7.11. The van der Waals surface area contributed by atoms with Gasteiger partial charge in [-0.3, -0.25) is 0 Å². The predicted molar refractivity (Wildman–Crippen MR) is 85.6 cm³/mol. The van der Waals surface area contributed by atoms with E-state index in [1.165, 1.54) is 0 Å². The molecule has 0 aromatic heterocycles. The second-order valence-electron chi connectivity index (χ2n) is 5.17.